The van der Waals surface area contributed by atoms with E-state index >= 15 is 0 Å². The highest BCUT2D eigenvalue weighted by Gasteiger charge is 2.11. The lowest BCUT2D eigenvalue weighted by Crippen LogP contribution is -2.06. The molecule has 0 aliphatic carbocycles. The predicted octanol–water partition coefficient (Wildman–Crippen LogP) is 4.32. The Hall–Kier alpha value is -1.90. The van der Waals surface area contributed by atoms with Gasteiger partial charge in [-0.1, -0.05) is 38.1 Å². The Bertz CT molecular complexity index is 586. The molecule has 1 aromatic heterocycles. The van der Waals surface area contributed by atoms with Gasteiger partial charge in [-0.15, -0.1) is 10.2 Å². The van der Waals surface area contributed by atoms with Crippen LogP contribution >= 0.6 is 0 Å². The molecule has 1 N–H and O–H groups in total. The molecule has 1 aromatic carbocycles. The van der Waals surface area contributed by atoms with Gasteiger partial charge in [0.15, 0.2) is 5.82 Å². The summed E-state index contributed by atoms with van der Waals surface area (Å²) >= 11 is 0. The smallest absolute Gasteiger partial charge is 0.151 e. The van der Waals surface area contributed by atoms with E-state index in [1.54, 1.807) is 0 Å². The molecule has 0 saturated carbocycles. The number of hydrogen-bond acceptors (Lipinski definition) is 3. The minimum Gasteiger partial charge on any atom is -0.369 e. The summed E-state index contributed by atoms with van der Waals surface area (Å²) in [5.41, 5.74) is 5.81. The Morgan fingerprint density at radius 2 is 1.65 bits per heavy atom. The standard InChI is InChI=1S/C17H23N3/c1-6-18-17-13(5)12(4)16(19-20-17)15-9-7-14(8-10-15)11(2)3/h7-11H,6H2,1-5H3,(H,18,20). The third kappa shape index (κ3) is 2.82. The lowest BCUT2D eigenvalue weighted by Gasteiger charge is -2.12. The van der Waals surface area contributed by atoms with Crippen LogP contribution in [0.1, 0.15) is 43.4 Å². The van der Waals surface area contributed by atoms with Crippen LogP contribution in [-0.2, 0) is 0 Å². The van der Waals surface area contributed by atoms with E-state index in [-0.39, 0.29) is 0 Å². The number of nitrogens with zero attached hydrogens (tertiary/aromatic N) is 2. The Kier molecular flexibility index (Phi) is 4.38. The van der Waals surface area contributed by atoms with Crippen LogP contribution in [0.15, 0.2) is 24.3 Å². The second-order valence-electron chi connectivity index (χ2n) is 5.45. The molecule has 0 spiro atoms. The van der Waals surface area contributed by atoms with Crippen LogP contribution in [-0.4, -0.2) is 16.7 Å². The van der Waals surface area contributed by atoms with Crippen LogP contribution in [0.4, 0.5) is 5.82 Å². The summed E-state index contributed by atoms with van der Waals surface area (Å²) in [5, 5.41) is 11.9. The number of anilines is 1. The number of nitrogens with one attached hydrogen (secondary N) is 1. The van der Waals surface area contributed by atoms with Crippen molar-refractivity contribution in [3.8, 4) is 11.3 Å². The summed E-state index contributed by atoms with van der Waals surface area (Å²) in [7, 11) is 0. The molecule has 0 radical (unpaired) electrons. The van der Waals surface area contributed by atoms with Crippen molar-refractivity contribution in [2.45, 2.75) is 40.5 Å². The number of rotatable bonds is 4. The molecule has 3 heteroatoms. The largest absolute Gasteiger partial charge is 0.369 e. The van der Waals surface area contributed by atoms with E-state index in [9.17, 15) is 0 Å². The average molecular weight is 269 g/mol. The van der Waals surface area contributed by atoms with Crippen molar-refractivity contribution >= 4 is 5.82 Å². The van der Waals surface area contributed by atoms with Crippen molar-refractivity contribution in [2.75, 3.05) is 11.9 Å². The van der Waals surface area contributed by atoms with Crippen molar-refractivity contribution in [3.63, 3.8) is 0 Å². The fourth-order valence-corrected chi connectivity index (χ4v) is 2.24. The van der Waals surface area contributed by atoms with Gasteiger partial charge in [-0.3, -0.25) is 0 Å². The monoisotopic (exact) mass is 269 g/mol. The van der Waals surface area contributed by atoms with Gasteiger partial charge in [0.1, 0.15) is 0 Å². The topological polar surface area (TPSA) is 37.8 Å². The second kappa shape index (κ2) is 6.04. The average Bonchev–Trinajstić information content (AvgIpc) is 2.44. The first-order valence-electron chi connectivity index (χ1n) is 7.22. The van der Waals surface area contributed by atoms with Crippen LogP contribution in [0.5, 0.6) is 0 Å². The minimum atomic E-state index is 0.550. The van der Waals surface area contributed by atoms with E-state index in [1.807, 2.05) is 0 Å². The number of aromatic nitrogens is 2. The molecule has 0 saturated heterocycles. The fourth-order valence-electron chi connectivity index (χ4n) is 2.24. The van der Waals surface area contributed by atoms with Crippen molar-refractivity contribution in [3.05, 3.63) is 41.0 Å². The van der Waals surface area contributed by atoms with Crippen LogP contribution in [0.3, 0.4) is 0 Å². The van der Waals surface area contributed by atoms with Gasteiger partial charge >= 0.3 is 0 Å². The van der Waals surface area contributed by atoms with Gasteiger partial charge in [0.05, 0.1) is 5.69 Å². The highest BCUT2D eigenvalue weighted by Crippen LogP contribution is 2.27. The normalized spacial score (nSPS) is 10.9. The molecular formula is C17H23N3. The maximum Gasteiger partial charge on any atom is 0.151 e. The Balaban J connectivity index is 2.40. The highest BCUT2D eigenvalue weighted by atomic mass is 15.2. The van der Waals surface area contributed by atoms with E-state index < -0.39 is 0 Å². The highest BCUT2D eigenvalue weighted by molar-refractivity contribution is 5.66. The molecule has 2 aromatic rings. The molecule has 2 rings (SSSR count). The van der Waals surface area contributed by atoms with Crippen LogP contribution in [0.25, 0.3) is 11.3 Å². The molecule has 0 aliphatic heterocycles. The Morgan fingerprint density at radius 3 is 2.20 bits per heavy atom. The van der Waals surface area contributed by atoms with Gasteiger partial charge < -0.3 is 5.32 Å². The van der Waals surface area contributed by atoms with Crippen LogP contribution in [0, 0.1) is 13.8 Å². The zero-order valence-electron chi connectivity index (χ0n) is 13.0. The van der Waals surface area contributed by atoms with Gasteiger partial charge in [0, 0.05) is 12.1 Å². The SMILES string of the molecule is CCNc1nnc(-c2ccc(C(C)C)cc2)c(C)c1C. The summed E-state index contributed by atoms with van der Waals surface area (Å²) in [6.45, 7) is 11.5. The van der Waals surface area contributed by atoms with E-state index in [4.69, 9.17) is 0 Å². The van der Waals surface area contributed by atoms with Gasteiger partial charge in [0.25, 0.3) is 0 Å². The molecule has 0 bridgehead atoms. The maximum atomic E-state index is 4.39. The molecule has 0 aliphatic rings. The zero-order valence-corrected chi connectivity index (χ0v) is 13.0. The first kappa shape index (κ1) is 14.5. The summed E-state index contributed by atoms with van der Waals surface area (Å²) in [4.78, 5) is 0. The van der Waals surface area contributed by atoms with Crippen molar-refractivity contribution in [1.82, 2.24) is 10.2 Å². The molecule has 106 valence electrons. The molecule has 1 heterocycles. The van der Waals surface area contributed by atoms with Gasteiger partial charge in [-0.25, -0.2) is 0 Å². The number of benzene rings is 1. The summed E-state index contributed by atoms with van der Waals surface area (Å²) in [5.74, 6) is 1.43. The zero-order chi connectivity index (χ0) is 14.7. The maximum absolute atomic E-state index is 4.39. The van der Waals surface area contributed by atoms with Crippen molar-refractivity contribution < 1.29 is 0 Å². The quantitative estimate of drug-likeness (QED) is 0.898. The van der Waals surface area contributed by atoms with E-state index in [0.29, 0.717) is 5.92 Å². The lowest BCUT2D eigenvalue weighted by atomic mass is 9.98. The molecule has 0 fully saturated rings. The summed E-state index contributed by atoms with van der Waals surface area (Å²) < 4.78 is 0. The molecule has 20 heavy (non-hydrogen) atoms. The van der Waals surface area contributed by atoms with Crippen LogP contribution in [0.2, 0.25) is 0 Å². The lowest BCUT2D eigenvalue weighted by molar-refractivity contribution is 0.866. The Morgan fingerprint density at radius 1 is 1.00 bits per heavy atom. The van der Waals surface area contributed by atoms with Crippen LogP contribution < -0.4 is 5.32 Å². The van der Waals surface area contributed by atoms with Crippen molar-refractivity contribution in [1.29, 1.82) is 0 Å². The van der Waals surface area contributed by atoms with Gasteiger partial charge in [0.2, 0.25) is 0 Å². The first-order chi connectivity index (χ1) is 9.54. The third-order valence-electron chi connectivity index (χ3n) is 3.72. The van der Waals surface area contributed by atoms with E-state index in [0.717, 1.165) is 23.6 Å². The Labute approximate surface area is 121 Å². The second-order valence-corrected chi connectivity index (χ2v) is 5.45. The minimum absolute atomic E-state index is 0.550. The van der Waals surface area contributed by atoms with Gasteiger partial charge in [-0.05, 0) is 43.4 Å². The van der Waals surface area contributed by atoms with Gasteiger partial charge in [-0.2, -0.15) is 0 Å². The molecule has 3 nitrogen and oxygen atoms in total. The molecule has 0 amide bonds. The third-order valence-corrected chi connectivity index (χ3v) is 3.72. The van der Waals surface area contributed by atoms with E-state index in [1.165, 1.54) is 16.7 Å². The molecule has 0 unspecified atom stereocenters. The molecule has 0 atom stereocenters. The summed E-state index contributed by atoms with van der Waals surface area (Å²) in [6, 6.07) is 8.63. The first-order valence-corrected chi connectivity index (χ1v) is 7.22. The van der Waals surface area contributed by atoms with Crippen molar-refractivity contribution in [2.24, 2.45) is 0 Å². The number of hydrogen-bond donors (Lipinski definition) is 1. The van der Waals surface area contributed by atoms with E-state index in [2.05, 4.69) is 74.4 Å². The predicted molar refractivity (Wildman–Crippen MR) is 85.2 cm³/mol. The summed E-state index contributed by atoms with van der Waals surface area (Å²) in [6.07, 6.45) is 0. The fraction of sp³-hybridized carbons (Fsp3) is 0.412. The molecular weight excluding hydrogens is 246 g/mol.